The molecule has 1 heterocycles. The maximum atomic E-state index is 12.4. The van der Waals surface area contributed by atoms with Gasteiger partial charge in [-0.25, -0.2) is 4.79 Å². The number of para-hydroxylation sites is 1. The average Bonchev–Trinajstić information content (AvgIpc) is 2.46. The van der Waals surface area contributed by atoms with Crippen molar-refractivity contribution < 1.29 is 24.5 Å². The number of methoxy groups -OCH3 is 1. The van der Waals surface area contributed by atoms with Crippen LogP contribution in [0, 0.1) is 0 Å². The molecule has 1 aliphatic rings. The second kappa shape index (κ2) is 5.79. The van der Waals surface area contributed by atoms with Crippen molar-refractivity contribution in [2.24, 2.45) is 0 Å². The lowest BCUT2D eigenvalue weighted by Crippen LogP contribution is -2.56. The molecule has 7 heteroatoms. The number of carboxylic acid groups (broad SMARTS) is 1. The van der Waals surface area contributed by atoms with Gasteiger partial charge in [0.2, 0.25) is 0 Å². The summed E-state index contributed by atoms with van der Waals surface area (Å²) in [4.78, 5) is 24.9. The van der Waals surface area contributed by atoms with Gasteiger partial charge >= 0.3 is 5.97 Å². The van der Waals surface area contributed by atoms with Gasteiger partial charge in [0.05, 0.1) is 12.7 Å². The van der Waals surface area contributed by atoms with E-state index in [0.29, 0.717) is 6.54 Å². The van der Waals surface area contributed by atoms with Crippen LogP contribution in [0.1, 0.15) is 10.4 Å². The monoisotopic (exact) mass is 280 g/mol. The van der Waals surface area contributed by atoms with Gasteiger partial charge in [0, 0.05) is 19.6 Å². The van der Waals surface area contributed by atoms with Gasteiger partial charge in [-0.15, -0.1) is 0 Å². The molecule has 0 radical (unpaired) electrons. The number of carbonyl (C=O) groups is 2. The van der Waals surface area contributed by atoms with Gasteiger partial charge in [0.15, 0.2) is 11.5 Å². The zero-order chi connectivity index (χ0) is 14.7. The topological polar surface area (TPSA) is 99.1 Å². The van der Waals surface area contributed by atoms with E-state index in [1.165, 1.54) is 24.1 Å². The number of hydrogen-bond donors (Lipinski definition) is 3. The smallest absolute Gasteiger partial charge is 0.327 e. The first kappa shape index (κ1) is 14.1. The minimum absolute atomic E-state index is 0.0394. The molecule has 3 N–H and O–H groups in total. The molecule has 1 aromatic carbocycles. The number of hydrogen-bond acceptors (Lipinski definition) is 5. The predicted octanol–water partition coefficient (Wildman–Crippen LogP) is -0.101. The summed E-state index contributed by atoms with van der Waals surface area (Å²) in [5.74, 6) is -1.69. The molecule has 1 atom stereocenters. The third-order valence-electron chi connectivity index (χ3n) is 3.24. The molecule has 0 bridgehead atoms. The zero-order valence-corrected chi connectivity index (χ0v) is 11.0. The SMILES string of the molecule is COc1cccc(C(=O)N2CCNCC2C(=O)O)c1O. The molecule has 1 aliphatic heterocycles. The van der Waals surface area contributed by atoms with Crippen molar-refractivity contribution in [3.8, 4) is 11.5 Å². The van der Waals surface area contributed by atoms with E-state index in [4.69, 9.17) is 9.84 Å². The first-order chi connectivity index (χ1) is 9.56. The normalized spacial score (nSPS) is 18.6. The molecular formula is C13H16N2O5. The number of carbonyl (C=O) groups excluding carboxylic acids is 1. The number of amides is 1. The lowest BCUT2D eigenvalue weighted by molar-refractivity contribution is -0.142. The molecule has 20 heavy (non-hydrogen) atoms. The number of nitrogens with zero attached hydrogens (tertiary/aromatic N) is 1. The number of carboxylic acids is 1. The predicted molar refractivity (Wildman–Crippen MR) is 70.0 cm³/mol. The van der Waals surface area contributed by atoms with Crippen molar-refractivity contribution in [2.45, 2.75) is 6.04 Å². The Labute approximate surface area is 115 Å². The molecule has 1 fully saturated rings. The lowest BCUT2D eigenvalue weighted by atomic mass is 10.1. The fraction of sp³-hybridized carbons (Fsp3) is 0.385. The van der Waals surface area contributed by atoms with Gasteiger partial charge in [0.25, 0.3) is 5.91 Å². The van der Waals surface area contributed by atoms with Gasteiger partial charge < -0.3 is 25.2 Å². The van der Waals surface area contributed by atoms with E-state index >= 15 is 0 Å². The Kier molecular flexibility index (Phi) is 4.09. The summed E-state index contributed by atoms with van der Waals surface area (Å²) < 4.78 is 4.95. The van der Waals surface area contributed by atoms with Crippen LogP contribution < -0.4 is 10.1 Å². The molecule has 1 saturated heterocycles. The Morgan fingerprint density at radius 3 is 2.85 bits per heavy atom. The second-order valence-electron chi connectivity index (χ2n) is 4.41. The van der Waals surface area contributed by atoms with E-state index in [1.54, 1.807) is 6.07 Å². The van der Waals surface area contributed by atoms with E-state index in [1.807, 2.05) is 0 Å². The first-order valence-electron chi connectivity index (χ1n) is 6.16. The summed E-state index contributed by atoms with van der Waals surface area (Å²) in [5, 5.41) is 22.1. The van der Waals surface area contributed by atoms with Crippen LogP contribution >= 0.6 is 0 Å². The molecule has 1 amide bonds. The highest BCUT2D eigenvalue weighted by Crippen LogP contribution is 2.30. The number of aliphatic carboxylic acids is 1. The summed E-state index contributed by atoms with van der Waals surface area (Å²) in [5.41, 5.74) is 0.0394. The van der Waals surface area contributed by atoms with Gasteiger partial charge in [0.1, 0.15) is 6.04 Å². The summed E-state index contributed by atoms with van der Waals surface area (Å²) in [6.07, 6.45) is 0. The van der Waals surface area contributed by atoms with Crippen molar-refractivity contribution in [1.29, 1.82) is 0 Å². The maximum Gasteiger partial charge on any atom is 0.327 e. The van der Waals surface area contributed by atoms with Crippen LogP contribution in [0.15, 0.2) is 18.2 Å². The summed E-state index contributed by atoms with van der Waals surface area (Å²) in [6, 6.07) is 3.60. The molecule has 0 aromatic heterocycles. The standard InChI is InChI=1S/C13H16N2O5/c1-20-10-4-2-3-8(11(10)16)12(17)15-6-5-14-7-9(15)13(18)19/h2-4,9,14,16H,5-7H2,1H3,(H,18,19). The third-order valence-corrected chi connectivity index (χ3v) is 3.24. The van der Waals surface area contributed by atoms with Crippen LogP contribution in [0.3, 0.4) is 0 Å². The highest BCUT2D eigenvalue weighted by Gasteiger charge is 2.33. The highest BCUT2D eigenvalue weighted by molar-refractivity contribution is 5.99. The molecule has 0 spiro atoms. The largest absolute Gasteiger partial charge is 0.504 e. The fourth-order valence-electron chi connectivity index (χ4n) is 2.18. The lowest BCUT2D eigenvalue weighted by Gasteiger charge is -2.33. The zero-order valence-electron chi connectivity index (χ0n) is 11.0. The number of phenols is 1. The number of piperazine rings is 1. The van der Waals surface area contributed by atoms with Crippen molar-refractivity contribution in [3.63, 3.8) is 0 Å². The van der Waals surface area contributed by atoms with Crippen LogP contribution in [0.2, 0.25) is 0 Å². The maximum absolute atomic E-state index is 12.4. The number of ether oxygens (including phenoxy) is 1. The first-order valence-corrected chi connectivity index (χ1v) is 6.16. The van der Waals surface area contributed by atoms with Crippen LogP contribution in [-0.4, -0.2) is 59.8 Å². The Hall–Kier alpha value is -2.28. The summed E-state index contributed by atoms with van der Waals surface area (Å²) in [6.45, 7) is 0.971. The Morgan fingerprint density at radius 2 is 2.20 bits per heavy atom. The van der Waals surface area contributed by atoms with Crippen molar-refractivity contribution >= 4 is 11.9 Å². The Bertz CT molecular complexity index is 531. The van der Waals surface area contributed by atoms with E-state index in [0.717, 1.165) is 0 Å². The van der Waals surface area contributed by atoms with Crippen molar-refractivity contribution in [3.05, 3.63) is 23.8 Å². The van der Waals surface area contributed by atoms with Crippen LogP contribution in [0.25, 0.3) is 0 Å². The van der Waals surface area contributed by atoms with E-state index in [-0.39, 0.29) is 30.2 Å². The molecular weight excluding hydrogens is 264 g/mol. The van der Waals surface area contributed by atoms with Gasteiger partial charge in [-0.1, -0.05) is 6.07 Å². The molecule has 7 nitrogen and oxygen atoms in total. The number of rotatable bonds is 3. The van der Waals surface area contributed by atoms with Gasteiger partial charge in [-0.3, -0.25) is 4.79 Å². The minimum atomic E-state index is -1.08. The summed E-state index contributed by atoms with van der Waals surface area (Å²) in [7, 11) is 1.38. The number of aromatic hydroxyl groups is 1. The van der Waals surface area contributed by atoms with Crippen LogP contribution in [0.5, 0.6) is 11.5 Å². The van der Waals surface area contributed by atoms with Crippen molar-refractivity contribution in [2.75, 3.05) is 26.7 Å². The second-order valence-corrected chi connectivity index (χ2v) is 4.41. The molecule has 2 rings (SSSR count). The van der Waals surface area contributed by atoms with Gasteiger partial charge in [-0.05, 0) is 12.1 Å². The van der Waals surface area contributed by atoms with Crippen LogP contribution in [-0.2, 0) is 4.79 Å². The van der Waals surface area contributed by atoms with Crippen LogP contribution in [0.4, 0.5) is 0 Å². The molecule has 1 aromatic rings. The van der Waals surface area contributed by atoms with Crippen molar-refractivity contribution in [1.82, 2.24) is 10.2 Å². The van der Waals surface area contributed by atoms with Gasteiger partial charge in [-0.2, -0.15) is 0 Å². The number of phenolic OH excluding ortho intramolecular Hbond substituents is 1. The third kappa shape index (κ3) is 2.53. The van der Waals surface area contributed by atoms with E-state index in [2.05, 4.69) is 5.32 Å². The molecule has 0 saturated carbocycles. The quantitative estimate of drug-likeness (QED) is 0.715. The number of nitrogens with one attached hydrogen (secondary N) is 1. The van der Waals surface area contributed by atoms with E-state index < -0.39 is 17.9 Å². The van der Waals surface area contributed by atoms with E-state index in [9.17, 15) is 14.7 Å². The Morgan fingerprint density at radius 1 is 1.45 bits per heavy atom. The summed E-state index contributed by atoms with van der Waals surface area (Å²) >= 11 is 0. The highest BCUT2D eigenvalue weighted by atomic mass is 16.5. The molecule has 0 aliphatic carbocycles. The number of benzene rings is 1. The fourth-order valence-corrected chi connectivity index (χ4v) is 2.18. The average molecular weight is 280 g/mol. The molecule has 108 valence electrons. The minimum Gasteiger partial charge on any atom is -0.504 e. The Balaban J connectivity index is 2.32. The molecule has 1 unspecified atom stereocenters.